The maximum absolute atomic E-state index is 12.6. The number of aromatic nitrogens is 1. The van der Waals surface area contributed by atoms with Gasteiger partial charge < -0.3 is 10.5 Å². The van der Waals surface area contributed by atoms with Gasteiger partial charge in [0.25, 0.3) is 0 Å². The van der Waals surface area contributed by atoms with Crippen molar-refractivity contribution in [2.45, 2.75) is 32.0 Å². The number of nitrogens with zero attached hydrogens (tertiary/aromatic N) is 1. The van der Waals surface area contributed by atoms with Crippen LogP contribution in [0.1, 0.15) is 25.8 Å². The van der Waals surface area contributed by atoms with E-state index in [0.29, 0.717) is 6.42 Å². The number of pyridine rings is 1. The molecule has 0 saturated carbocycles. The van der Waals surface area contributed by atoms with Crippen LogP contribution in [-0.4, -0.2) is 17.1 Å². The van der Waals surface area contributed by atoms with E-state index in [-0.39, 0.29) is 6.61 Å². The molecule has 0 spiro atoms. The lowest BCUT2D eigenvalue weighted by atomic mass is 10.0. The second-order valence-electron chi connectivity index (χ2n) is 4.15. The summed E-state index contributed by atoms with van der Waals surface area (Å²) in [7, 11) is 0. The van der Waals surface area contributed by atoms with Gasteiger partial charge in [0.2, 0.25) is 5.88 Å². The molecule has 0 fully saturated rings. The van der Waals surface area contributed by atoms with Crippen LogP contribution >= 0.6 is 0 Å². The van der Waals surface area contributed by atoms with Gasteiger partial charge in [-0.2, -0.15) is 13.2 Å². The fourth-order valence-electron chi connectivity index (χ4n) is 1.06. The van der Waals surface area contributed by atoms with E-state index in [2.05, 4.69) is 4.98 Å². The molecule has 0 bridgehead atoms. The molecule has 1 unspecified atom stereocenters. The highest BCUT2D eigenvalue weighted by molar-refractivity contribution is 5.28. The SMILES string of the molecule is CCC(C)(N)COc1ncccc1C(F)(F)F. The van der Waals surface area contributed by atoms with Gasteiger partial charge in [-0.15, -0.1) is 0 Å². The molecule has 0 aliphatic rings. The zero-order valence-corrected chi connectivity index (χ0v) is 9.71. The third-order valence-corrected chi connectivity index (χ3v) is 2.42. The van der Waals surface area contributed by atoms with Crippen LogP contribution in [0.3, 0.4) is 0 Å². The number of hydrogen-bond acceptors (Lipinski definition) is 3. The first-order valence-electron chi connectivity index (χ1n) is 5.20. The molecule has 1 atom stereocenters. The minimum atomic E-state index is -4.47. The van der Waals surface area contributed by atoms with Crippen LogP contribution in [-0.2, 0) is 6.18 Å². The van der Waals surface area contributed by atoms with E-state index in [9.17, 15) is 13.2 Å². The van der Waals surface area contributed by atoms with Crippen molar-refractivity contribution in [1.29, 1.82) is 0 Å². The lowest BCUT2D eigenvalue weighted by Crippen LogP contribution is -2.41. The van der Waals surface area contributed by atoms with Crippen LogP contribution in [0.5, 0.6) is 5.88 Å². The van der Waals surface area contributed by atoms with Crippen molar-refractivity contribution in [3.63, 3.8) is 0 Å². The third kappa shape index (κ3) is 3.89. The highest BCUT2D eigenvalue weighted by atomic mass is 19.4. The van der Waals surface area contributed by atoms with Gasteiger partial charge >= 0.3 is 6.18 Å². The summed E-state index contributed by atoms with van der Waals surface area (Å²) in [5.74, 6) is -0.426. The summed E-state index contributed by atoms with van der Waals surface area (Å²) in [6.45, 7) is 3.54. The quantitative estimate of drug-likeness (QED) is 0.891. The summed E-state index contributed by atoms with van der Waals surface area (Å²) < 4.78 is 42.9. The average Bonchev–Trinajstić information content (AvgIpc) is 2.26. The van der Waals surface area contributed by atoms with Crippen LogP contribution in [0, 0.1) is 0 Å². The van der Waals surface area contributed by atoms with E-state index < -0.39 is 23.2 Å². The van der Waals surface area contributed by atoms with Gasteiger partial charge in [0.1, 0.15) is 12.2 Å². The molecule has 96 valence electrons. The van der Waals surface area contributed by atoms with E-state index in [1.165, 1.54) is 12.3 Å². The normalized spacial score (nSPS) is 15.4. The molecule has 0 aromatic carbocycles. The van der Waals surface area contributed by atoms with Gasteiger partial charge in [-0.05, 0) is 25.5 Å². The van der Waals surface area contributed by atoms with E-state index in [0.717, 1.165) is 6.07 Å². The van der Waals surface area contributed by atoms with Crippen LogP contribution in [0.15, 0.2) is 18.3 Å². The molecule has 1 aromatic rings. The fraction of sp³-hybridized carbons (Fsp3) is 0.545. The highest BCUT2D eigenvalue weighted by Gasteiger charge is 2.35. The lowest BCUT2D eigenvalue weighted by molar-refractivity contribution is -0.139. The topological polar surface area (TPSA) is 48.1 Å². The summed E-state index contributed by atoms with van der Waals surface area (Å²) >= 11 is 0. The molecule has 0 radical (unpaired) electrons. The average molecular weight is 248 g/mol. The summed E-state index contributed by atoms with van der Waals surface area (Å²) in [5.41, 5.74) is 4.24. The van der Waals surface area contributed by atoms with Gasteiger partial charge in [-0.1, -0.05) is 6.92 Å². The Bertz CT molecular complexity index is 377. The molecule has 6 heteroatoms. The molecule has 0 saturated heterocycles. The summed E-state index contributed by atoms with van der Waals surface area (Å²) in [4.78, 5) is 3.58. The molecule has 17 heavy (non-hydrogen) atoms. The van der Waals surface area contributed by atoms with Gasteiger partial charge in [0, 0.05) is 11.7 Å². The smallest absolute Gasteiger partial charge is 0.421 e. The van der Waals surface area contributed by atoms with Crippen molar-refractivity contribution in [2.24, 2.45) is 5.73 Å². The highest BCUT2D eigenvalue weighted by Crippen LogP contribution is 2.34. The summed E-state index contributed by atoms with van der Waals surface area (Å²) in [5, 5.41) is 0. The Balaban J connectivity index is 2.85. The Morgan fingerprint density at radius 1 is 1.41 bits per heavy atom. The largest absolute Gasteiger partial charge is 0.475 e. The minimum Gasteiger partial charge on any atom is -0.475 e. The lowest BCUT2D eigenvalue weighted by Gasteiger charge is -2.23. The molecule has 1 heterocycles. The summed E-state index contributed by atoms with van der Waals surface area (Å²) in [6, 6.07) is 2.15. The second kappa shape index (κ2) is 4.91. The first kappa shape index (κ1) is 13.8. The van der Waals surface area contributed by atoms with Crippen molar-refractivity contribution < 1.29 is 17.9 Å². The predicted octanol–water partition coefficient (Wildman–Crippen LogP) is 2.61. The number of alkyl halides is 3. The molecule has 1 aromatic heterocycles. The molecular weight excluding hydrogens is 233 g/mol. The van der Waals surface area contributed by atoms with Crippen molar-refractivity contribution in [3.05, 3.63) is 23.9 Å². The van der Waals surface area contributed by atoms with Crippen molar-refractivity contribution >= 4 is 0 Å². The van der Waals surface area contributed by atoms with Gasteiger partial charge in [-0.25, -0.2) is 4.98 Å². The van der Waals surface area contributed by atoms with Gasteiger partial charge in [0.05, 0.1) is 0 Å². The maximum atomic E-state index is 12.6. The van der Waals surface area contributed by atoms with Crippen molar-refractivity contribution in [2.75, 3.05) is 6.61 Å². The Kier molecular flexibility index (Phi) is 3.98. The standard InChI is InChI=1S/C11H15F3N2O/c1-3-10(2,15)7-17-9-8(11(12,13)14)5-4-6-16-9/h4-6H,3,7,15H2,1-2H3. The summed E-state index contributed by atoms with van der Waals surface area (Å²) in [6.07, 6.45) is -2.62. The van der Waals surface area contributed by atoms with Crippen LogP contribution in [0.2, 0.25) is 0 Å². The first-order chi connectivity index (χ1) is 7.76. The number of nitrogens with two attached hydrogens (primary N) is 1. The Labute approximate surface area is 97.8 Å². The van der Waals surface area contributed by atoms with Crippen LogP contribution in [0.25, 0.3) is 0 Å². The fourth-order valence-corrected chi connectivity index (χ4v) is 1.06. The molecular formula is C11H15F3N2O. The van der Waals surface area contributed by atoms with E-state index >= 15 is 0 Å². The molecule has 0 aliphatic carbocycles. The zero-order valence-electron chi connectivity index (χ0n) is 9.71. The van der Waals surface area contributed by atoms with E-state index in [1.807, 2.05) is 6.92 Å². The van der Waals surface area contributed by atoms with E-state index in [1.54, 1.807) is 6.92 Å². The number of hydrogen-bond donors (Lipinski definition) is 1. The van der Waals surface area contributed by atoms with Crippen LogP contribution in [0.4, 0.5) is 13.2 Å². The number of ether oxygens (including phenoxy) is 1. The Hall–Kier alpha value is -1.30. The van der Waals surface area contributed by atoms with Crippen LogP contribution < -0.4 is 10.5 Å². The number of rotatable bonds is 4. The van der Waals surface area contributed by atoms with Gasteiger partial charge in [0.15, 0.2) is 0 Å². The number of halogens is 3. The van der Waals surface area contributed by atoms with E-state index in [4.69, 9.17) is 10.5 Å². The minimum absolute atomic E-state index is 0.0103. The molecule has 2 N–H and O–H groups in total. The Morgan fingerprint density at radius 2 is 2.06 bits per heavy atom. The molecule has 1 rings (SSSR count). The molecule has 0 amide bonds. The van der Waals surface area contributed by atoms with Gasteiger partial charge in [-0.3, -0.25) is 0 Å². The Morgan fingerprint density at radius 3 is 2.59 bits per heavy atom. The van der Waals surface area contributed by atoms with Crippen molar-refractivity contribution in [1.82, 2.24) is 4.98 Å². The second-order valence-corrected chi connectivity index (χ2v) is 4.15. The first-order valence-corrected chi connectivity index (χ1v) is 5.20. The molecule has 0 aliphatic heterocycles. The molecule has 3 nitrogen and oxygen atoms in total. The predicted molar refractivity (Wildman–Crippen MR) is 57.6 cm³/mol. The zero-order chi connectivity index (χ0) is 13.1. The third-order valence-electron chi connectivity index (χ3n) is 2.42. The maximum Gasteiger partial charge on any atom is 0.421 e. The van der Waals surface area contributed by atoms with Crippen molar-refractivity contribution in [3.8, 4) is 5.88 Å². The monoisotopic (exact) mass is 248 g/mol.